The lowest BCUT2D eigenvalue weighted by Gasteiger charge is -2.11. The molecule has 2 aromatic carbocycles. The molecule has 4 rings (SSSR count). The van der Waals surface area contributed by atoms with E-state index in [4.69, 9.17) is 14.5 Å². The molecule has 2 aromatic heterocycles. The fourth-order valence-electron chi connectivity index (χ4n) is 2.94. The molecule has 0 aliphatic carbocycles. The van der Waals surface area contributed by atoms with Gasteiger partial charge in [-0.05, 0) is 36.8 Å². The fraction of sp³-hybridized carbons (Fsp3) is 0.211. The van der Waals surface area contributed by atoms with Crippen molar-refractivity contribution >= 4 is 22.5 Å². The zero-order chi connectivity index (χ0) is 18.1. The van der Waals surface area contributed by atoms with E-state index in [2.05, 4.69) is 15.4 Å². The summed E-state index contributed by atoms with van der Waals surface area (Å²) in [7, 11) is 3.25. The molecule has 132 valence electrons. The van der Waals surface area contributed by atoms with Gasteiger partial charge in [-0.2, -0.15) is 4.52 Å². The lowest BCUT2D eigenvalue weighted by atomic mass is 10.2. The molecule has 0 saturated carbocycles. The van der Waals surface area contributed by atoms with E-state index >= 15 is 0 Å². The van der Waals surface area contributed by atoms with Crippen LogP contribution in [0.1, 0.15) is 11.4 Å². The number of rotatable bonds is 5. The van der Waals surface area contributed by atoms with Gasteiger partial charge >= 0.3 is 0 Å². The van der Waals surface area contributed by atoms with Crippen LogP contribution in [-0.2, 0) is 6.54 Å². The van der Waals surface area contributed by atoms with Crippen molar-refractivity contribution in [1.82, 2.24) is 19.6 Å². The number of para-hydroxylation sites is 1. The maximum absolute atomic E-state index is 5.36. The second-order valence-electron chi connectivity index (χ2n) is 5.89. The molecule has 7 heteroatoms. The minimum atomic E-state index is 0.569. The van der Waals surface area contributed by atoms with Crippen molar-refractivity contribution in [2.24, 2.45) is 0 Å². The summed E-state index contributed by atoms with van der Waals surface area (Å²) in [5, 5.41) is 8.80. The Balaban J connectivity index is 1.70. The molecule has 0 aliphatic rings. The van der Waals surface area contributed by atoms with Crippen LogP contribution in [0.3, 0.4) is 0 Å². The number of hydrogen-bond acceptors (Lipinski definition) is 6. The zero-order valence-electron chi connectivity index (χ0n) is 14.9. The third kappa shape index (κ3) is 2.77. The molecule has 0 atom stereocenters. The third-order valence-corrected chi connectivity index (χ3v) is 4.18. The first kappa shape index (κ1) is 16.1. The molecular formula is C19H19N5O2. The standard InChI is InChI=1S/C19H19N5O2/c1-12-21-18-14-6-4-5-7-15(14)22-19(24(18)23-12)20-11-13-8-9-16(25-2)17(10-13)26-3/h4-10H,11H2,1-3H3,(H,20,22). The maximum Gasteiger partial charge on any atom is 0.226 e. The molecule has 7 nitrogen and oxygen atoms in total. The highest BCUT2D eigenvalue weighted by atomic mass is 16.5. The number of aryl methyl sites for hydroxylation is 1. The highest BCUT2D eigenvalue weighted by molar-refractivity contribution is 5.92. The summed E-state index contributed by atoms with van der Waals surface area (Å²) in [5.41, 5.74) is 2.72. The van der Waals surface area contributed by atoms with Crippen LogP contribution in [0, 0.1) is 6.92 Å². The number of ether oxygens (including phenoxy) is 2. The van der Waals surface area contributed by atoms with Crippen molar-refractivity contribution in [1.29, 1.82) is 0 Å². The van der Waals surface area contributed by atoms with Crippen LogP contribution >= 0.6 is 0 Å². The third-order valence-electron chi connectivity index (χ3n) is 4.18. The lowest BCUT2D eigenvalue weighted by Crippen LogP contribution is -2.08. The van der Waals surface area contributed by atoms with Crippen molar-refractivity contribution in [3.63, 3.8) is 0 Å². The molecule has 0 spiro atoms. The average molecular weight is 349 g/mol. The van der Waals surface area contributed by atoms with E-state index in [1.807, 2.05) is 49.4 Å². The minimum Gasteiger partial charge on any atom is -0.493 e. The number of anilines is 1. The predicted molar refractivity (Wildman–Crippen MR) is 99.9 cm³/mol. The van der Waals surface area contributed by atoms with E-state index in [1.165, 1.54) is 0 Å². The molecule has 0 bridgehead atoms. The molecule has 1 N–H and O–H groups in total. The van der Waals surface area contributed by atoms with Crippen molar-refractivity contribution in [3.8, 4) is 11.5 Å². The number of hydrogen-bond donors (Lipinski definition) is 1. The smallest absolute Gasteiger partial charge is 0.226 e. The van der Waals surface area contributed by atoms with Gasteiger partial charge in [-0.1, -0.05) is 18.2 Å². The SMILES string of the molecule is COc1ccc(CNc2nc3ccccc3c3nc(C)nn23)cc1OC. The Kier molecular flexibility index (Phi) is 4.04. The summed E-state index contributed by atoms with van der Waals surface area (Å²) in [6.07, 6.45) is 0. The Morgan fingerprint density at radius 2 is 1.81 bits per heavy atom. The summed E-state index contributed by atoms with van der Waals surface area (Å²) in [6, 6.07) is 13.7. The fourth-order valence-corrected chi connectivity index (χ4v) is 2.94. The van der Waals surface area contributed by atoms with E-state index in [0.717, 1.165) is 22.1 Å². The summed E-state index contributed by atoms with van der Waals surface area (Å²) in [4.78, 5) is 9.24. The van der Waals surface area contributed by atoms with Crippen molar-refractivity contribution < 1.29 is 9.47 Å². The summed E-state index contributed by atoms with van der Waals surface area (Å²) < 4.78 is 12.4. The Labute approximate surface area is 150 Å². The number of benzene rings is 2. The average Bonchev–Trinajstić information content (AvgIpc) is 3.07. The molecule has 0 fully saturated rings. The van der Waals surface area contributed by atoms with Crippen LogP contribution in [0.5, 0.6) is 11.5 Å². The van der Waals surface area contributed by atoms with E-state index in [1.54, 1.807) is 18.7 Å². The van der Waals surface area contributed by atoms with Gasteiger partial charge in [-0.3, -0.25) is 0 Å². The largest absolute Gasteiger partial charge is 0.493 e. The number of methoxy groups -OCH3 is 2. The zero-order valence-corrected chi connectivity index (χ0v) is 14.9. The van der Waals surface area contributed by atoms with Gasteiger partial charge in [-0.25, -0.2) is 9.97 Å². The predicted octanol–water partition coefficient (Wildman–Crippen LogP) is 3.22. The monoisotopic (exact) mass is 349 g/mol. The van der Waals surface area contributed by atoms with Gasteiger partial charge in [0.05, 0.1) is 19.7 Å². The Hall–Kier alpha value is -3.35. The van der Waals surface area contributed by atoms with Crippen LogP contribution in [0.15, 0.2) is 42.5 Å². The van der Waals surface area contributed by atoms with Crippen molar-refractivity contribution in [2.45, 2.75) is 13.5 Å². The van der Waals surface area contributed by atoms with Gasteiger partial charge in [0.2, 0.25) is 5.95 Å². The number of nitrogens with one attached hydrogen (secondary N) is 1. The summed E-state index contributed by atoms with van der Waals surface area (Å²) in [6.45, 7) is 2.44. The number of aromatic nitrogens is 4. The highest BCUT2D eigenvalue weighted by Gasteiger charge is 2.12. The van der Waals surface area contributed by atoms with E-state index in [0.29, 0.717) is 29.8 Å². The van der Waals surface area contributed by atoms with E-state index in [-0.39, 0.29) is 0 Å². The van der Waals surface area contributed by atoms with Crippen LogP contribution in [-0.4, -0.2) is 33.8 Å². The topological polar surface area (TPSA) is 73.6 Å². The molecule has 0 aliphatic heterocycles. The molecule has 0 amide bonds. The second kappa shape index (κ2) is 6.51. The molecular weight excluding hydrogens is 330 g/mol. The highest BCUT2D eigenvalue weighted by Crippen LogP contribution is 2.28. The summed E-state index contributed by atoms with van der Waals surface area (Å²) >= 11 is 0. The molecule has 0 unspecified atom stereocenters. The molecule has 2 heterocycles. The Morgan fingerprint density at radius 1 is 1.00 bits per heavy atom. The van der Waals surface area contributed by atoms with E-state index < -0.39 is 0 Å². The van der Waals surface area contributed by atoms with Crippen molar-refractivity contribution in [2.75, 3.05) is 19.5 Å². The van der Waals surface area contributed by atoms with Crippen LogP contribution < -0.4 is 14.8 Å². The molecule has 0 saturated heterocycles. The number of fused-ring (bicyclic) bond motifs is 3. The van der Waals surface area contributed by atoms with Crippen molar-refractivity contribution in [3.05, 3.63) is 53.9 Å². The first-order valence-corrected chi connectivity index (χ1v) is 8.26. The van der Waals surface area contributed by atoms with Gasteiger partial charge in [0.25, 0.3) is 0 Å². The van der Waals surface area contributed by atoms with Gasteiger partial charge in [0.1, 0.15) is 5.82 Å². The van der Waals surface area contributed by atoms with Gasteiger partial charge in [0.15, 0.2) is 17.1 Å². The van der Waals surface area contributed by atoms with Crippen LogP contribution in [0.25, 0.3) is 16.6 Å². The molecule has 26 heavy (non-hydrogen) atoms. The maximum atomic E-state index is 5.36. The normalized spacial score (nSPS) is 11.0. The summed E-state index contributed by atoms with van der Waals surface area (Å²) in [5.74, 6) is 2.75. The minimum absolute atomic E-state index is 0.569. The number of nitrogens with zero attached hydrogens (tertiary/aromatic N) is 4. The quantitative estimate of drug-likeness (QED) is 0.596. The van der Waals surface area contributed by atoms with Gasteiger partial charge in [0, 0.05) is 11.9 Å². The van der Waals surface area contributed by atoms with Crippen LogP contribution in [0.2, 0.25) is 0 Å². The van der Waals surface area contributed by atoms with Gasteiger partial charge in [-0.15, -0.1) is 5.10 Å². The first-order valence-electron chi connectivity index (χ1n) is 8.26. The first-order chi connectivity index (χ1) is 12.7. The van der Waals surface area contributed by atoms with Gasteiger partial charge < -0.3 is 14.8 Å². The Bertz CT molecular complexity index is 1090. The van der Waals surface area contributed by atoms with E-state index in [9.17, 15) is 0 Å². The molecule has 4 aromatic rings. The Morgan fingerprint density at radius 3 is 2.62 bits per heavy atom. The lowest BCUT2D eigenvalue weighted by molar-refractivity contribution is 0.354. The van der Waals surface area contributed by atoms with Crippen LogP contribution in [0.4, 0.5) is 5.95 Å². The molecule has 0 radical (unpaired) electrons. The second-order valence-corrected chi connectivity index (χ2v) is 5.89.